The molecule has 0 bridgehead atoms. The van der Waals surface area contributed by atoms with Gasteiger partial charge in [0.2, 0.25) is 0 Å². The first-order valence-electron chi connectivity index (χ1n) is 6.14. The molecular formula is C12H20N4O3. The van der Waals surface area contributed by atoms with Gasteiger partial charge in [-0.3, -0.25) is 4.79 Å². The predicted molar refractivity (Wildman–Crippen MR) is 70.6 cm³/mol. The molecule has 19 heavy (non-hydrogen) atoms. The Hall–Kier alpha value is -1.73. The Labute approximate surface area is 112 Å². The van der Waals surface area contributed by atoms with Gasteiger partial charge in [-0.15, -0.1) is 0 Å². The summed E-state index contributed by atoms with van der Waals surface area (Å²) in [6, 6.07) is 0. The zero-order chi connectivity index (χ0) is 14.4. The molecule has 7 heteroatoms. The van der Waals surface area contributed by atoms with Gasteiger partial charge in [-0.05, 0) is 0 Å². The quantitative estimate of drug-likeness (QED) is 0.647. The van der Waals surface area contributed by atoms with E-state index in [-0.39, 0.29) is 43.6 Å². The fourth-order valence-electron chi connectivity index (χ4n) is 1.56. The van der Waals surface area contributed by atoms with E-state index < -0.39 is 5.91 Å². The van der Waals surface area contributed by atoms with E-state index in [0.29, 0.717) is 5.82 Å². The zero-order valence-corrected chi connectivity index (χ0v) is 11.2. The van der Waals surface area contributed by atoms with Crippen LogP contribution >= 0.6 is 0 Å². The maximum Gasteiger partial charge on any atom is 0.274 e. The first-order valence-corrected chi connectivity index (χ1v) is 6.14. The van der Waals surface area contributed by atoms with Crippen LogP contribution in [0.15, 0.2) is 6.20 Å². The summed E-state index contributed by atoms with van der Waals surface area (Å²) >= 11 is 0. The van der Waals surface area contributed by atoms with Gasteiger partial charge >= 0.3 is 0 Å². The van der Waals surface area contributed by atoms with Crippen molar-refractivity contribution in [2.75, 3.05) is 32.0 Å². The van der Waals surface area contributed by atoms with E-state index in [1.807, 2.05) is 13.8 Å². The number of rotatable bonds is 6. The van der Waals surface area contributed by atoms with Crippen molar-refractivity contribution in [1.29, 1.82) is 0 Å². The summed E-state index contributed by atoms with van der Waals surface area (Å²) in [6.07, 6.45) is 1.41. The number of aromatic nitrogens is 2. The first kappa shape index (κ1) is 15.3. The van der Waals surface area contributed by atoms with Crippen molar-refractivity contribution < 1.29 is 15.0 Å². The third kappa shape index (κ3) is 3.87. The summed E-state index contributed by atoms with van der Waals surface area (Å²) in [6.45, 7) is 3.71. The molecule has 0 spiro atoms. The molecular weight excluding hydrogens is 248 g/mol. The van der Waals surface area contributed by atoms with Gasteiger partial charge in [0.25, 0.3) is 5.91 Å². The van der Waals surface area contributed by atoms with Crippen LogP contribution in [0.4, 0.5) is 5.69 Å². The second-order valence-electron chi connectivity index (χ2n) is 4.43. The molecule has 0 aliphatic carbocycles. The summed E-state index contributed by atoms with van der Waals surface area (Å²) in [4.78, 5) is 21.8. The molecule has 106 valence electrons. The molecule has 1 rings (SSSR count). The number of nitrogens with zero attached hydrogens (tertiary/aromatic N) is 3. The van der Waals surface area contributed by atoms with Gasteiger partial charge in [-0.25, -0.2) is 9.97 Å². The number of nitrogens with two attached hydrogens (primary N) is 1. The molecule has 0 aliphatic rings. The van der Waals surface area contributed by atoms with Gasteiger partial charge in [0.1, 0.15) is 5.82 Å². The summed E-state index contributed by atoms with van der Waals surface area (Å²) in [5.41, 5.74) is 6.02. The average Bonchev–Trinajstić information content (AvgIpc) is 2.38. The van der Waals surface area contributed by atoms with Crippen LogP contribution in [0.25, 0.3) is 0 Å². The summed E-state index contributed by atoms with van der Waals surface area (Å²) in [7, 11) is 0. The van der Waals surface area contributed by atoms with Crippen LogP contribution in [0.3, 0.4) is 0 Å². The van der Waals surface area contributed by atoms with Gasteiger partial charge < -0.3 is 20.8 Å². The Morgan fingerprint density at radius 2 is 1.95 bits per heavy atom. The maximum atomic E-state index is 12.3. The van der Waals surface area contributed by atoms with Gasteiger partial charge in [0, 0.05) is 19.0 Å². The monoisotopic (exact) mass is 268 g/mol. The van der Waals surface area contributed by atoms with Crippen LogP contribution in [0, 0.1) is 0 Å². The van der Waals surface area contributed by atoms with E-state index >= 15 is 0 Å². The predicted octanol–water partition coefficient (Wildman–Crippen LogP) is -0.391. The largest absolute Gasteiger partial charge is 0.396 e. The lowest BCUT2D eigenvalue weighted by Gasteiger charge is -2.21. The van der Waals surface area contributed by atoms with E-state index in [9.17, 15) is 4.79 Å². The number of hydrogen-bond donors (Lipinski definition) is 3. The lowest BCUT2D eigenvalue weighted by molar-refractivity contribution is 0.0679. The Bertz CT molecular complexity index is 431. The lowest BCUT2D eigenvalue weighted by Crippen LogP contribution is -2.37. The molecule has 0 fully saturated rings. The molecule has 0 saturated heterocycles. The highest BCUT2D eigenvalue weighted by Gasteiger charge is 2.20. The molecule has 0 saturated carbocycles. The number of carbonyl (C=O) groups excluding carboxylic acids is 1. The molecule has 1 aromatic heterocycles. The molecule has 1 aromatic rings. The van der Waals surface area contributed by atoms with E-state index in [1.165, 1.54) is 11.1 Å². The topological polar surface area (TPSA) is 113 Å². The summed E-state index contributed by atoms with van der Waals surface area (Å²) in [5.74, 6) is 0.201. The van der Waals surface area contributed by atoms with Crippen LogP contribution in [0.2, 0.25) is 0 Å². The van der Waals surface area contributed by atoms with E-state index in [1.54, 1.807) is 0 Å². The molecule has 1 heterocycles. The number of aliphatic hydroxyl groups is 2. The standard InChI is InChI=1S/C12H20N4O3/c1-8(2)11-14-7-9(13)10(15-11)12(19)16(3-5-17)4-6-18/h7-8,17-18H,3-6,13H2,1-2H3. The van der Waals surface area contributed by atoms with Gasteiger partial charge in [-0.1, -0.05) is 13.8 Å². The van der Waals surface area contributed by atoms with Crippen LogP contribution < -0.4 is 5.73 Å². The summed E-state index contributed by atoms with van der Waals surface area (Å²) in [5, 5.41) is 17.9. The number of carbonyl (C=O) groups is 1. The van der Waals surface area contributed by atoms with Crippen molar-refractivity contribution in [2.24, 2.45) is 0 Å². The van der Waals surface area contributed by atoms with Gasteiger partial charge in [0.15, 0.2) is 5.69 Å². The molecule has 0 radical (unpaired) electrons. The smallest absolute Gasteiger partial charge is 0.274 e. The number of anilines is 1. The van der Waals surface area contributed by atoms with Crippen molar-refractivity contribution in [3.8, 4) is 0 Å². The molecule has 4 N–H and O–H groups in total. The number of hydrogen-bond acceptors (Lipinski definition) is 6. The summed E-state index contributed by atoms with van der Waals surface area (Å²) < 4.78 is 0. The minimum atomic E-state index is -0.412. The molecule has 0 unspecified atom stereocenters. The zero-order valence-electron chi connectivity index (χ0n) is 11.2. The van der Waals surface area contributed by atoms with Crippen LogP contribution in [-0.4, -0.2) is 57.3 Å². The van der Waals surface area contributed by atoms with Crippen molar-refractivity contribution in [3.63, 3.8) is 0 Å². The van der Waals surface area contributed by atoms with Crippen molar-refractivity contribution in [2.45, 2.75) is 19.8 Å². The Balaban J connectivity index is 3.05. The molecule has 7 nitrogen and oxygen atoms in total. The minimum Gasteiger partial charge on any atom is -0.396 e. The third-order valence-corrected chi connectivity index (χ3v) is 2.58. The number of amides is 1. The van der Waals surface area contributed by atoms with Crippen LogP contribution in [0.1, 0.15) is 36.1 Å². The minimum absolute atomic E-state index is 0.0799. The van der Waals surface area contributed by atoms with Crippen molar-refractivity contribution in [3.05, 3.63) is 17.7 Å². The second kappa shape index (κ2) is 7.01. The number of nitrogen functional groups attached to an aromatic ring is 1. The SMILES string of the molecule is CC(C)c1ncc(N)c(C(=O)N(CCO)CCO)n1. The van der Waals surface area contributed by atoms with Gasteiger partial charge in [0.05, 0.1) is 25.1 Å². The van der Waals surface area contributed by atoms with Crippen LogP contribution in [-0.2, 0) is 0 Å². The normalized spacial score (nSPS) is 10.8. The number of aliphatic hydroxyl groups excluding tert-OH is 2. The van der Waals surface area contributed by atoms with Crippen LogP contribution in [0.5, 0.6) is 0 Å². The highest BCUT2D eigenvalue weighted by molar-refractivity contribution is 5.97. The third-order valence-electron chi connectivity index (χ3n) is 2.58. The van der Waals surface area contributed by atoms with E-state index in [2.05, 4.69) is 9.97 Å². The Morgan fingerprint density at radius 1 is 1.37 bits per heavy atom. The van der Waals surface area contributed by atoms with E-state index in [0.717, 1.165) is 0 Å². The van der Waals surface area contributed by atoms with Crippen molar-refractivity contribution >= 4 is 11.6 Å². The fourth-order valence-corrected chi connectivity index (χ4v) is 1.56. The Morgan fingerprint density at radius 3 is 2.42 bits per heavy atom. The van der Waals surface area contributed by atoms with Crippen molar-refractivity contribution in [1.82, 2.24) is 14.9 Å². The second-order valence-corrected chi connectivity index (χ2v) is 4.43. The maximum absolute atomic E-state index is 12.3. The Kier molecular flexibility index (Phi) is 5.65. The van der Waals surface area contributed by atoms with Gasteiger partial charge in [-0.2, -0.15) is 0 Å². The molecule has 0 aliphatic heterocycles. The highest BCUT2D eigenvalue weighted by atomic mass is 16.3. The lowest BCUT2D eigenvalue weighted by atomic mass is 10.2. The first-order chi connectivity index (χ1) is 9.01. The molecule has 1 amide bonds. The fraction of sp³-hybridized carbons (Fsp3) is 0.583. The van der Waals surface area contributed by atoms with E-state index in [4.69, 9.17) is 15.9 Å². The molecule has 0 atom stereocenters. The molecule has 0 aromatic carbocycles. The average molecular weight is 268 g/mol. The highest BCUT2D eigenvalue weighted by Crippen LogP contribution is 2.15.